The lowest BCUT2D eigenvalue weighted by atomic mass is 10.0. The molecule has 2 heteroatoms. The van der Waals surface area contributed by atoms with Crippen LogP contribution in [0.4, 0.5) is 0 Å². The molecule has 15 heavy (non-hydrogen) atoms. The van der Waals surface area contributed by atoms with Crippen LogP contribution in [0.5, 0.6) is 0 Å². The average molecular weight is 202 g/mol. The van der Waals surface area contributed by atoms with Crippen molar-refractivity contribution in [3.63, 3.8) is 0 Å². The van der Waals surface area contributed by atoms with Gasteiger partial charge in [0.25, 0.3) is 0 Å². The van der Waals surface area contributed by atoms with Gasteiger partial charge < -0.3 is 5.32 Å². The summed E-state index contributed by atoms with van der Waals surface area (Å²) in [6, 6.07) is 4.49. The lowest BCUT2D eigenvalue weighted by molar-refractivity contribution is 0.521. The summed E-state index contributed by atoms with van der Waals surface area (Å²) < 4.78 is 0. The van der Waals surface area contributed by atoms with Crippen LogP contribution in [0.2, 0.25) is 0 Å². The number of terminal acetylenes is 1. The van der Waals surface area contributed by atoms with Crippen LogP contribution >= 0.6 is 0 Å². The number of nitrogens with zero attached hydrogens (tertiary/aromatic N) is 1. The Bertz CT molecular complexity index is 321. The minimum absolute atomic E-state index is 0.333. The van der Waals surface area contributed by atoms with Crippen molar-refractivity contribution in [2.75, 3.05) is 6.54 Å². The molecule has 0 radical (unpaired) electrons. The maximum absolute atomic E-state index is 5.28. The van der Waals surface area contributed by atoms with Gasteiger partial charge in [0, 0.05) is 24.4 Å². The zero-order valence-corrected chi connectivity index (χ0v) is 9.46. The minimum atomic E-state index is 0.333. The van der Waals surface area contributed by atoms with Gasteiger partial charge in [-0.1, -0.05) is 13.0 Å². The van der Waals surface area contributed by atoms with E-state index in [0.717, 1.165) is 25.1 Å². The number of nitrogens with one attached hydrogen (secondary N) is 1. The van der Waals surface area contributed by atoms with Crippen molar-refractivity contribution in [3.8, 4) is 12.3 Å². The molecule has 1 aromatic heterocycles. The molecule has 0 aliphatic rings. The molecule has 0 bridgehead atoms. The number of rotatable bonds is 5. The molecule has 0 aliphatic heterocycles. The number of pyridine rings is 1. The van der Waals surface area contributed by atoms with Crippen LogP contribution in [0, 0.1) is 19.3 Å². The lowest BCUT2D eigenvalue weighted by Crippen LogP contribution is -2.20. The van der Waals surface area contributed by atoms with E-state index in [-0.39, 0.29) is 0 Å². The molecule has 1 aromatic rings. The summed E-state index contributed by atoms with van der Waals surface area (Å²) in [7, 11) is 0. The molecule has 1 N–H and O–H groups in total. The first-order valence-electron chi connectivity index (χ1n) is 5.37. The predicted octanol–water partition coefficient (Wildman–Crippen LogP) is 2.45. The monoisotopic (exact) mass is 202 g/mol. The molecular weight excluding hydrogens is 184 g/mol. The molecule has 1 heterocycles. The summed E-state index contributed by atoms with van der Waals surface area (Å²) in [5.41, 5.74) is 2.27. The first-order chi connectivity index (χ1) is 7.27. The molecule has 1 atom stereocenters. The molecule has 80 valence electrons. The first-order valence-corrected chi connectivity index (χ1v) is 5.37. The van der Waals surface area contributed by atoms with Gasteiger partial charge in [0.2, 0.25) is 0 Å². The van der Waals surface area contributed by atoms with Crippen molar-refractivity contribution in [1.82, 2.24) is 10.3 Å². The fraction of sp³-hybridized carbons (Fsp3) is 0.462. The van der Waals surface area contributed by atoms with Crippen LogP contribution < -0.4 is 5.32 Å². The van der Waals surface area contributed by atoms with Crippen molar-refractivity contribution in [3.05, 3.63) is 29.6 Å². The quantitative estimate of drug-likeness (QED) is 0.742. The highest BCUT2D eigenvalue weighted by atomic mass is 14.9. The SMILES string of the molecule is C#CCCC(NCC)c1ccc(C)nc1. The number of hydrogen-bond donors (Lipinski definition) is 1. The van der Waals surface area contributed by atoms with Crippen molar-refractivity contribution < 1.29 is 0 Å². The van der Waals surface area contributed by atoms with Gasteiger partial charge in [0.1, 0.15) is 0 Å². The van der Waals surface area contributed by atoms with Crippen LogP contribution in [0.1, 0.15) is 37.1 Å². The third kappa shape index (κ3) is 3.73. The molecule has 0 aliphatic carbocycles. The number of hydrogen-bond acceptors (Lipinski definition) is 2. The van der Waals surface area contributed by atoms with E-state index in [9.17, 15) is 0 Å². The summed E-state index contributed by atoms with van der Waals surface area (Å²) in [6.07, 6.45) is 8.98. The summed E-state index contributed by atoms with van der Waals surface area (Å²) >= 11 is 0. The largest absolute Gasteiger partial charge is 0.310 e. The molecule has 1 rings (SSSR count). The molecular formula is C13H18N2. The molecule has 0 fully saturated rings. The standard InChI is InChI=1S/C13H18N2/c1-4-6-7-13(14-5-2)12-9-8-11(3)15-10-12/h1,8-10,13-14H,5-7H2,2-3H3. The Morgan fingerprint density at radius 1 is 1.53 bits per heavy atom. The van der Waals surface area contributed by atoms with Crippen molar-refractivity contribution in [2.45, 2.75) is 32.7 Å². The first kappa shape index (κ1) is 11.7. The second-order valence-corrected chi connectivity index (χ2v) is 3.59. The average Bonchev–Trinajstić information content (AvgIpc) is 2.25. The van der Waals surface area contributed by atoms with E-state index in [1.54, 1.807) is 0 Å². The minimum Gasteiger partial charge on any atom is -0.310 e. The van der Waals surface area contributed by atoms with E-state index in [2.05, 4.69) is 29.2 Å². The maximum atomic E-state index is 5.28. The lowest BCUT2D eigenvalue weighted by Gasteiger charge is -2.16. The third-order valence-corrected chi connectivity index (χ3v) is 2.36. The van der Waals surface area contributed by atoms with Gasteiger partial charge in [-0.25, -0.2) is 0 Å². The molecule has 0 saturated carbocycles. The Kier molecular flexibility index (Phi) is 4.86. The highest BCUT2D eigenvalue weighted by molar-refractivity contribution is 5.17. The van der Waals surface area contributed by atoms with Crippen LogP contribution in [0.25, 0.3) is 0 Å². The molecule has 0 spiro atoms. The third-order valence-electron chi connectivity index (χ3n) is 2.36. The molecule has 0 amide bonds. The number of aromatic nitrogens is 1. The van der Waals surface area contributed by atoms with Gasteiger partial charge in [0.05, 0.1) is 0 Å². The highest BCUT2D eigenvalue weighted by Crippen LogP contribution is 2.17. The highest BCUT2D eigenvalue weighted by Gasteiger charge is 2.08. The van der Waals surface area contributed by atoms with E-state index in [0.29, 0.717) is 6.04 Å². The zero-order valence-electron chi connectivity index (χ0n) is 9.46. The van der Waals surface area contributed by atoms with Crippen molar-refractivity contribution in [1.29, 1.82) is 0 Å². The van der Waals surface area contributed by atoms with Gasteiger partial charge in [-0.2, -0.15) is 0 Å². The molecule has 0 aromatic carbocycles. The Labute approximate surface area is 92.1 Å². The van der Waals surface area contributed by atoms with Crippen LogP contribution in [-0.4, -0.2) is 11.5 Å². The van der Waals surface area contributed by atoms with Gasteiger partial charge in [0.15, 0.2) is 0 Å². The van der Waals surface area contributed by atoms with Crippen LogP contribution in [0.3, 0.4) is 0 Å². The zero-order chi connectivity index (χ0) is 11.1. The normalized spacial score (nSPS) is 12.1. The van der Waals surface area contributed by atoms with E-state index in [1.807, 2.05) is 19.2 Å². The van der Waals surface area contributed by atoms with Gasteiger partial charge in [-0.05, 0) is 31.5 Å². The molecule has 0 saturated heterocycles. The second kappa shape index (κ2) is 6.21. The van der Waals surface area contributed by atoms with Crippen LogP contribution in [-0.2, 0) is 0 Å². The topological polar surface area (TPSA) is 24.9 Å². The summed E-state index contributed by atoms with van der Waals surface area (Å²) in [4.78, 5) is 4.30. The smallest absolute Gasteiger partial charge is 0.0372 e. The Morgan fingerprint density at radius 3 is 2.87 bits per heavy atom. The fourth-order valence-electron chi connectivity index (χ4n) is 1.55. The van der Waals surface area contributed by atoms with Gasteiger partial charge in [-0.3, -0.25) is 4.98 Å². The van der Waals surface area contributed by atoms with E-state index in [4.69, 9.17) is 6.42 Å². The summed E-state index contributed by atoms with van der Waals surface area (Å²) in [5.74, 6) is 2.68. The van der Waals surface area contributed by atoms with Gasteiger partial charge >= 0.3 is 0 Å². The van der Waals surface area contributed by atoms with Crippen LogP contribution in [0.15, 0.2) is 18.3 Å². The van der Waals surface area contributed by atoms with E-state index < -0.39 is 0 Å². The number of aryl methyl sites for hydroxylation is 1. The molecule has 2 nitrogen and oxygen atoms in total. The Morgan fingerprint density at radius 2 is 2.33 bits per heavy atom. The Hall–Kier alpha value is -1.33. The van der Waals surface area contributed by atoms with Crippen molar-refractivity contribution >= 4 is 0 Å². The second-order valence-electron chi connectivity index (χ2n) is 3.59. The fourth-order valence-corrected chi connectivity index (χ4v) is 1.55. The van der Waals surface area contributed by atoms with E-state index in [1.165, 1.54) is 5.56 Å². The van der Waals surface area contributed by atoms with Gasteiger partial charge in [-0.15, -0.1) is 12.3 Å². The maximum Gasteiger partial charge on any atom is 0.0372 e. The van der Waals surface area contributed by atoms with Crippen molar-refractivity contribution in [2.24, 2.45) is 0 Å². The van der Waals surface area contributed by atoms with E-state index >= 15 is 0 Å². The predicted molar refractivity (Wildman–Crippen MR) is 63.5 cm³/mol. The summed E-state index contributed by atoms with van der Waals surface area (Å²) in [6.45, 7) is 5.04. The Balaban J connectivity index is 2.70. The molecule has 1 unspecified atom stereocenters. The summed E-state index contributed by atoms with van der Waals surface area (Å²) in [5, 5.41) is 3.42.